The average Bonchev–Trinajstić information content (AvgIpc) is 2.82. The van der Waals surface area contributed by atoms with Gasteiger partial charge in [-0.05, 0) is 31.2 Å². The molecule has 11 nitrogen and oxygen atoms in total. The second-order valence-corrected chi connectivity index (χ2v) is 9.74. The van der Waals surface area contributed by atoms with Crippen molar-refractivity contribution in [2.24, 2.45) is 5.10 Å². The molecule has 1 atom stereocenters. The number of hydrogen-bond donors (Lipinski definition) is 0. The summed E-state index contributed by atoms with van der Waals surface area (Å²) in [4.78, 5) is 40.9. The number of hydrogen-bond acceptors (Lipinski definition) is 9. The zero-order valence-corrected chi connectivity index (χ0v) is 22.2. The first-order valence-corrected chi connectivity index (χ1v) is 11.5. The molecule has 2 aromatic carbocycles. The summed E-state index contributed by atoms with van der Waals surface area (Å²) in [5, 5.41) is 16.5. The highest BCUT2D eigenvalue weighted by molar-refractivity contribution is 9.10. The summed E-state index contributed by atoms with van der Waals surface area (Å²) < 4.78 is 17.3. The van der Waals surface area contributed by atoms with Crippen molar-refractivity contribution in [1.82, 2.24) is 9.66 Å². The van der Waals surface area contributed by atoms with Crippen LogP contribution in [0, 0.1) is 10.1 Å². The van der Waals surface area contributed by atoms with Gasteiger partial charge in [0.1, 0.15) is 5.82 Å². The fraction of sp³-hybridized carbons (Fsp3) is 0.333. The molecule has 190 valence electrons. The first-order chi connectivity index (χ1) is 16.9. The first kappa shape index (κ1) is 26.8. The van der Waals surface area contributed by atoms with E-state index in [1.54, 1.807) is 18.2 Å². The van der Waals surface area contributed by atoms with Crippen LogP contribution in [0.25, 0.3) is 10.9 Å². The van der Waals surface area contributed by atoms with Gasteiger partial charge in [-0.25, -0.2) is 9.78 Å². The van der Waals surface area contributed by atoms with Crippen molar-refractivity contribution in [2.45, 2.75) is 39.2 Å². The molecular formula is C24H25BrN4O7. The largest absolute Gasteiger partial charge is 0.493 e. The number of fused-ring (bicyclic) bond motifs is 1. The SMILES string of the molecule is COC(=O)[C@@H](C)Oc1c(OC)cc(C=Nn2c(C(C)(C)C)nc3ccc(Br)cc3c2=O)cc1[N+](=O)[O-]. The Labute approximate surface area is 215 Å². The van der Waals surface area contributed by atoms with Crippen molar-refractivity contribution in [1.29, 1.82) is 0 Å². The monoisotopic (exact) mass is 560 g/mol. The van der Waals surface area contributed by atoms with Gasteiger partial charge in [-0.15, -0.1) is 0 Å². The molecule has 0 saturated carbocycles. The van der Waals surface area contributed by atoms with Crippen LogP contribution in [-0.2, 0) is 14.9 Å². The quantitative estimate of drug-likeness (QED) is 0.181. The van der Waals surface area contributed by atoms with Crippen molar-refractivity contribution < 1.29 is 23.9 Å². The molecule has 0 aliphatic rings. The Kier molecular flexibility index (Phi) is 7.77. The Morgan fingerprint density at radius 1 is 1.25 bits per heavy atom. The van der Waals surface area contributed by atoms with Crippen molar-refractivity contribution in [3.8, 4) is 11.5 Å². The molecule has 0 fully saturated rings. The molecule has 1 aromatic heterocycles. The van der Waals surface area contributed by atoms with Crippen LogP contribution < -0.4 is 15.0 Å². The standard InChI is InChI=1S/C24H25BrN4O7/c1-13(22(31)35-6)36-20-18(29(32)33)9-14(10-19(20)34-5)12-26-28-21(30)16-11-15(25)7-8-17(16)27-23(28)24(2,3)4/h7-13H,1-6H3/t13-/m1/s1. The molecule has 36 heavy (non-hydrogen) atoms. The smallest absolute Gasteiger partial charge is 0.346 e. The Morgan fingerprint density at radius 3 is 2.53 bits per heavy atom. The summed E-state index contributed by atoms with van der Waals surface area (Å²) in [5.41, 5.74) is -0.592. The van der Waals surface area contributed by atoms with E-state index in [0.29, 0.717) is 21.2 Å². The fourth-order valence-corrected chi connectivity index (χ4v) is 3.71. The van der Waals surface area contributed by atoms with E-state index in [2.05, 4.69) is 30.8 Å². The highest BCUT2D eigenvalue weighted by Gasteiger charge is 2.27. The number of nitrogens with zero attached hydrogens (tertiary/aromatic N) is 4. The van der Waals surface area contributed by atoms with Crippen LogP contribution in [0.5, 0.6) is 11.5 Å². The Hall–Kier alpha value is -3.80. The predicted octanol–water partition coefficient (Wildman–Crippen LogP) is 4.20. The van der Waals surface area contributed by atoms with Crippen molar-refractivity contribution in [3.05, 3.63) is 66.7 Å². The second-order valence-electron chi connectivity index (χ2n) is 8.82. The van der Waals surface area contributed by atoms with E-state index in [-0.39, 0.29) is 17.1 Å². The zero-order chi connectivity index (χ0) is 26.8. The summed E-state index contributed by atoms with van der Waals surface area (Å²) in [7, 11) is 2.49. The van der Waals surface area contributed by atoms with Gasteiger partial charge in [-0.3, -0.25) is 14.9 Å². The number of aromatic nitrogens is 2. The molecule has 1 heterocycles. The van der Waals surface area contributed by atoms with Gasteiger partial charge in [-0.1, -0.05) is 36.7 Å². The lowest BCUT2D eigenvalue weighted by Crippen LogP contribution is -2.29. The van der Waals surface area contributed by atoms with Crippen molar-refractivity contribution in [2.75, 3.05) is 14.2 Å². The highest BCUT2D eigenvalue weighted by Crippen LogP contribution is 2.38. The summed E-state index contributed by atoms with van der Waals surface area (Å²) in [5.74, 6) is -0.527. The molecular weight excluding hydrogens is 536 g/mol. The van der Waals surface area contributed by atoms with Crippen LogP contribution in [0.4, 0.5) is 5.69 Å². The molecule has 0 aliphatic heterocycles. The minimum absolute atomic E-state index is 0.00496. The highest BCUT2D eigenvalue weighted by atomic mass is 79.9. The number of ether oxygens (including phenoxy) is 3. The second kappa shape index (κ2) is 10.4. The number of esters is 1. The lowest BCUT2D eigenvalue weighted by atomic mass is 9.95. The number of halogens is 1. The maximum absolute atomic E-state index is 13.3. The molecule has 0 radical (unpaired) electrons. The first-order valence-electron chi connectivity index (χ1n) is 10.8. The van der Waals surface area contributed by atoms with E-state index in [1.807, 2.05) is 20.8 Å². The predicted molar refractivity (Wildman–Crippen MR) is 137 cm³/mol. The van der Waals surface area contributed by atoms with E-state index in [9.17, 15) is 19.7 Å². The Bertz CT molecular complexity index is 1430. The van der Waals surface area contributed by atoms with Gasteiger partial charge < -0.3 is 14.2 Å². The van der Waals surface area contributed by atoms with Gasteiger partial charge in [0, 0.05) is 21.5 Å². The summed E-state index contributed by atoms with van der Waals surface area (Å²) in [6.07, 6.45) is 0.184. The maximum atomic E-state index is 13.3. The third-order valence-electron chi connectivity index (χ3n) is 5.10. The van der Waals surface area contributed by atoms with Gasteiger partial charge in [0.15, 0.2) is 11.9 Å². The van der Waals surface area contributed by atoms with E-state index >= 15 is 0 Å². The molecule has 0 bridgehead atoms. The third-order valence-corrected chi connectivity index (χ3v) is 5.60. The number of carbonyl (C=O) groups is 1. The van der Waals surface area contributed by atoms with Crippen LogP contribution in [-0.4, -0.2) is 47.1 Å². The van der Waals surface area contributed by atoms with Crippen LogP contribution in [0.1, 0.15) is 39.1 Å². The van der Waals surface area contributed by atoms with E-state index in [4.69, 9.17) is 9.47 Å². The van der Waals surface area contributed by atoms with Crippen LogP contribution in [0.15, 0.2) is 44.7 Å². The minimum Gasteiger partial charge on any atom is -0.493 e. The Morgan fingerprint density at radius 2 is 1.94 bits per heavy atom. The lowest BCUT2D eigenvalue weighted by Gasteiger charge is -2.21. The summed E-state index contributed by atoms with van der Waals surface area (Å²) >= 11 is 3.37. The number of rotatable bonds is 7. The van der Waals surface area contributed by atoms with Gasteiger partial charge >= 0.3 is 11.7 Å². The summed E-state index contributed by atoms with van der Waals surface area (Å²) in [6, 6.07) is 7.85. The number of carbonyl (C=O) groups excluding carboxylic acids is 1. The zero-order valence-electron chi connectivity index (χ0n) is 20.6. The van der Waals surface area contributed by atoms with Crippen LogP contribution >= 0.6 is 15.9 Å². The molecule has 0 N–H and O–H groups in total. The van der Waals surface area contributed by atoms with Crippen LogP contribution in [0.3, 0.4) is 0 Å². The number of methoxy groups -OCH3 is 2. The number of nitro benzene ring substituents is 1. The fourth-order valence-electron chi connectivity index (χ4n) is 3.35. The molecule has 3 rings (SSSR count). The van der Waals surface area contributed by atoms with E-state index in [0.717, 1.165) is 0 Å². The van der Waals surface area contributed by atoms with E-state index < -0.39 is 33.7 Å². The minimum atomic E-state index is -1.11. The molecule has 0 saturated heterocycles. The topological polar surface area (TPSA) is 135 Å². The summed E-state index contributed by atoms with van der Waals surface area (Å²) in [6.45, 7) is 7.09. The van der Waals surface area contributed by atoms with Crippen LogP contribution in [0.2, 0.25) is 0 Å². The lowest BCUT2D eigenvalue weighted by molar-refractivity contribution is -0.386. The van der Waals surface area contributed by atoms with Gasteiger partial charge in [0.25, 0.3) is 5.56 Å². The molecule has 0 aliphatic carbocycles. The van der Waals surface area contributed by atoms with E-state index in [1.165, 1.54) is 44.2 Å². The maximum Gasteiger partial charge on any atom is 0.346 e. The third kappa shape index (κ3) is 5.54. The van der Waals surface area contributed by atoms with Crippen molar-refractivity contribution in [3.63, 3.8) is 0 Å². The molecule has 0 amide bonds. The van der Waals surface area contributed by atoms with Gasteiger partial charge in [0.2, 0.25) is 5.75 Å². The molecule has 3 aromatic rings. The molecule has 0 spiro atoms. The number of nitro groups is 1. The normalized spacial score (nSPS) is 12.5. The average molecular weight is 561 g/mol. The van der Waals surface area contributed by atoms with Gasteiger partial charge in [0.05, 0.1) is 36.3 Å². The Balaban J connectivity index is 2.17. The van der Waals surface area contributed by atoms with Gasteiger partial charge in [-0.2, -0.15) is 9.78 Å². The number of benzene rings is 2. The van der Waals surface area contributed by atoms with Crippen molar-refractivity contribution >= 4 is 44.7 Å². The molecule has 12 heteroatoms. The molecule has 0 unspecified atom stereocenters.